The highest BCUT2D eigenvalue weighted by atomic mass is 14.7. The summed E-state index contributed by atoms with van der Waals surface area (Å²) in [5.74, 6) is 0.749. The van der Waals surface area contributed by atoms with E-state index in [1.165, 1.54) is 119 Å². The lowest BCUT2D eigenvalue weighted by molar-refractivity contribution is 0.0131. The summed E-state index contributed by atoms with van der Waals surface area (Å²) in [4.78, 5) is 4.71. The Bertz CT molecular complexity index is 2900. The molecule has 0 amide bonds. The maximum absolute atomic E-state index is 4.78. The van der Waals surface area contributed by atoms with E-state index in [0.29, 0.717) is 5.92 Å². The van der Waals surface area contributed by atoms with E-state index in [0.717, 1.165) is 29.7 Å². The molecule has 1 fully saturated rings. The van der Waals surface area contributed by atoms with Gasteiger partial charge in [-0.15, -0.1) is 0 Å². The first kappa shape index (κ1) is 57.4. The summed E-state index contributed by atoms with van der Waals surface area (Å²) in [6, 6.07) is 18.5. The maximum atomic E-state index is 4.78. The molecule has 1 saturated carbocycles. The lowest BCUT2D eigenvalue weighted by atomic mass is 9.49. The monoisotopic (exact) mass is 960 g/mol. The molecule has 0 saturated heterocycles. The van der Waals surface area contributed by atoms with Crippen molar-refractivity contribution in [1.82, 2.24) is 0 Å². The van der Waals surface area contributed by atoms with Gasteiger partial charge in [-0.2, -0.15) is 0 Å². The van der Waals surface area contributed by atoms with E-state index in [-0.39, 0.29) is 22.2 Å². The molecule has 2 aliphatic carbocycles. The third-order valence-electron chi connectivity index (χ3n) is 17.7. The van der Waals surface area contributed by atoms with Crippen molar-refractivity contribution < 1.29 is 0 Å². The molecule has 0 aromatic heterocycles. The fourth-order valence-corrected chi connectivity index (χ4v) is 13.3. The minimum absolute atomic E-state index is 0.0672. The Morgan fingerprint density at radius 3 is 1.96 bits per heavy atom. The van der Waals surface area contributed by atoms with Gasteiger partial charge in [0.25, 0.3) is 0 Å². The molecule has 382 valence electrons. The molecule has 0 aliphatic heterocycles. The Morgan fingerprint density at radius 1 is 0.736 bits per heavy atom. The summed E-state index contributed by atoms with van der Waals surface area (Å²) in [6.45, 7) is 51.5. The molecule has 3 aromatic carbocycles. The molecule has 2 aliphatic rings. The Kier molecular flexibility index (Phi) is 18.8. The largest absolute Gasteiger partial charge is 0.293 e. The second-order valence-electron chi connectivity index (χ2n) is 23.0. The van der Waals surface area contributed by atoms with E-state index in [2.05, 4.69) is 241 Å². The van der Waals surface area contributed by atoms with Gasteiger partial charge in [-0.05, 0) is 256 Å². The van der Waals surface area contributed by atoms with Crippen molar-refractivity contribution >= 4 is 39.2 Å². The third kappa shape index (κ3) is 11.3. The van der Waals surface area contributed by atoms with Gasteiger partial charge in [-0.25, -0.2) is 0 Å². The zero-order valence-corrected chi connectivity index (χ0v) is 49.0. The van der Waals surface area contributed by atoms with Crippen LogP contribution in [0.15, 0.2) is 149 Å². The summed E-state index contributed by atoms with van der Waals surface area (Å²) in [5.41, 5.74) is 28.4. The zero-order valence-electron chi connectivity index (χ0n) is 49.0. The van der Waals surface area contributed by atoms with E-state index in [4.69, 9.17) is 11.6 Å². The van der Waals surface area contributed by atoms with Crippen LogP contribution in [0.3, 0.4) is 0 Å². The molecule has 0 heterocycles. The zero-order chi connectivity index (χ0) is 53.6. The molecule has 2 atom stereocenters. The highest BCUT2D eigenvalue weighted by molar-refractivity contribution is 6.05. The Hall–Kier alpha value is -5.53. The number of allylic oxidation sites excluding steroid dienone is 21. The van der Waals surface area contributed by atoms with Crippen molar-refractivity contribution in [2.75, 3.05) is 7.05 Å². The quantitative estimate of drug-likeness (QED) is 0.0771. The van der Waals surface area contributed by atoms with Gasteiger partial charge < -0.3 is 0 Å². The summed E-state index contributed by atoms with van der Waals surface area (Å²) < 4.78 is 0. The fourth-order valence-electron chi connectivity index (χ4n) is 13.3. The lowest BCUT2D eigenvalue weighted by Gasteiger charge is -2.54. The van der Waals surface area contributed by atoms with Crippen molar-refractivity contribution in [3.05, 3.63) is 199 Å². The van der Waals surface area contributed by atoms with Crippen LogP contribution in [0.2, 0.25) is 0 Å². The molecule has 0 bridgehead atoms. The second-order valence-corrected chi connectivity index (χ2v) is 23.0. The number of hydrogen-bond acceptors (Lipinski definition) is 1. The molecule has 0 N–H and O–H groups in total. The van der Waals surface area contributed by atoms with Crippen molar-refractivity contribution in [3.63, 3.8) is 0 Å². The van der Waals surface area contributed by atoms with Crippen LogP contribution in [0.5, 0.6) is 0 Å². The highest BCUT2D eigenvalue weighted by Gasteiger charge is 2.62. The van der Waals surface area contributed by atoms with Gasteiger partial charge in [0.2, 0.25) is 0 Å². The molecule has 3 aromatic rings. The van der Waals surface area contributed by atoms with Gasteiger partial charge in [0.15, 0.2) is 0 Å². The molecule has 1 nitrogen and oxygen atoms in total. The number of aliphatic imine (C=N–C) groups is 1. The van der Waals surface area contributed by atoms with Crippen LogP contribution in [-0.2, 0) is 6.42 Å². The summed E-state index contributed by atoms with van der Waals surface area (Å²) >= 11 is 0. The highest BCUT2D eigenvalue weighted by Crippen LogP contribution is 2.69. The maximum Gasteiger partial charge on any atom is 0.0392 e. The normalized spacial score (nSPS) is 19.9. The topological polar surface area (TPSA) is 12.4 Å². The molecule has 0 spiro atoms. The van der Waals surface area contributed by atoms with Gasteiger partial charge in [0, 0.05) is 23.7 Å². The fraction of sp³-hybridized carbons (Fsp3) is 0.423. The van der Waals surface area contributed by atoms with Crippen molar-refractivity contribution in [2.24, 2.45) is 33.1 Å². The molecular formula is C71H93N. The smallest absolute Gasteiger partial charge is 0.0392 e. The average molecular weight is 961 g/mol. The number of nitrogens with zero attached hydrogens (tertiary/aromatic N) is 1. The first-order chi connectivity index (χ1) is 33.8. The number of benzene rings is 3. The lowest BCUT2D eigenvalue weighted by Crippen LogP contribution is -2.48. The Labute approximate surface area is 440 Å². The molecule has 72 heavy (non-hydrogen) atoms. The van der Waals surface area contributed by atoms with E-state index in [1.54, 1.807) is 0 Å². The molecule has 1 heteroatoms. The van der Waals surface area contributed by atoms with E-state index >= 15 is 0 Å². The van der Waals surface area contributed by atoms with E-state index in [9.17, 15) is 0 Å². The first-order valence-corrected chi connectivity index (χ1v) is 27.1. The van der Waals surface area contributed by atoms with Crippen LogP contribution >= 0.6 is 0 Å². The van der Waals surface area contributed by atoms with Gasteiger partial charge in [0.05, 0.1) is 0 Å². The van der Waals surface area contributed by atoms with E-state index < -0.39 is 0 Å². The van der Waals surface area contributed by atoms with Crippen LogP contribution < -0.4 is 0 Å². The first-order valence-electron chi connectivity index (χ1n) is 27.1. The van der Waals surface area contributed by atoms with Crippen LogP contribution in [0, 0.1) is 41.9 Å². The summed E-state index contributed by atoms with van der Waals surface area (Å²) in [6.07, 6.45) is 27.3. The summed E-state index contributed by atoms with van der Waals surface area (Å²) in [5, 5.41) is 0. The van der Waals surface area contributed by atoms with Gasteiger partial charge in [0.1, 0.15) is 0 Å². The second kappa shape index (κ2) is 23.6. The SMILES string of the molecule is C=C(/C(C)=C\C=C(/C)C1(C(C)/C=C\C(C)=C(/C)c2c(CC)cc(C3=C(C)C=CCC3C)cc2/C(C)=C(\C)c2ccccc2C)C(C)(C)CCC1(C)C)c1c(C)cc(/C(C)=C(C)/C=C\C=CC)cc1C(C)=NC. The minimum atomic E-state index is -0.0951. The van der Waals surface area contributed by atoms with Gasteiger partial charge in [-0.3, -0.25) is 4.99 Å². The number of hydrogen-bond donors (Lipinski definition) is 0. The predicted molar refractivity (Wildman–Crippen MR) is 325 cm³/mol. The predicted octanol–water partition coefficient (Wildman–Crippen LogP) is 21.0. The van der Waals surface area contributed by atoms with Crippen molar-refractivity contribution in [1.29, 1.82) is 0 Å². The van der Waals surface area contributed by atoms with Gasteiger partial charge >= 0.3 is 0 Å². The van der Waals surface area contributed by atoms with Crippen molar-refractivity contribution in [2.45, 2.75) is 164 Å². The van der Waals surface area contributed by atoms with Crippen LogP contribution in [0.1, 0.15) is 200 Å². The number of rotatable bonds is 16. The van der Waals surface area contributed by atoms with Crippen LogP contribution in [-0.4, -0.2) is 12.8 Å². The minimum Gasteiger partial charge on any atom is -0.293 e. The van der Waals surface area contributed by atoms with Crippen LogP contribution in [0.25, 0.3) is 33.4 Å². The third-order valence-corrected chi connectivity index (χ3v) is 17.7. The van der Waals surface area contributed by atoms with Crippen LogP contribution in [0.4, 0.5) is 0 Å². The Morgan fingerprint density at radius 2 is 1.36 bits per heavy atom. The average Bonchev–Trinajstić information content (AvgIpc) is 3.55. The Balaban J connectivity index is 1.64. The molecule has 0 radical (unpaired) electrons. The number of aryl methyl sites for hydroxylation is 3. The summed E-state index contributed by atoms with van der Waals surface area (Å²) in [7, 11) is 1.89. The molecule has 2 unspecified atom stereocenters. The van der Waals surface area contributed by atoms with Gasteiger partial charge in [-0.1, -0.05) is 158 Å². The van der Waals surface area contributed by atoms with E-state index in [1.807, 2.05) is 14.0 Å². The molecular weight excluding hydrogens is 867 g/mol. The van der Waals surface area contributed by atoms with Crippen molar-refractivity contribution in [3.8, 4) is 0 Å². The molecule has 5 rings (SSSR count). The standard InChI is InChI=1S/C71H93N/c1-23-25-26-30-45(3)54(12)61-41-51(9)67(65(43-61)59(17)72-22)55(13)46(4)35-37-52(10)71(69(18,19)39-40-70(71,20)21)53(11)38-36-47(5)56(14)68-60(24-2)42-62(66-49(7)32-29-33-50(66)8)44-64(68)58(16)57(15)63-34-28-27-31-48(63)6/h23,25-32,34-38,41-44,50,53H,13,24,33,39-40H2,1-12,14-22H3/b25-23?,30-26-,38-36-,46-35-,52-37+,54-45+,56-47+,58-57+,72-59?.